The normalized spacial score (nSPS) is 12.9. The van der Waals surface area contributed by atoms with Crippen molar-refractivity contribution in [2.24, 2.45) is 5.92 Å². The molecule has 1 N–H and O–H groups in total. The molecule has 0 fully saturated rings. The lowest BCUT2D eigenvalue weighted by Gasteiger charge is -2.15. The van der Waals surface area contributed by atoms with E-state index in [0.29, 0.717) is 5.92 Å². The number of nitrogens with one attached hydrogen (secondary N) is 1. The van der Waals surface area contributed by atoms with Crippen molar-refractivity contribution < 1.29 is 0 Å². The number of nitrogens with zero attached hydrogens (tertiary/aromatic N) is 4. The van der Waals surface area contributed by atoms with Gasteiger partial charge in [0.1, 0.15) is 0 Å². The first-order valence-corrected chi connectivity index (χ1v) is 7.56. The maximum absolute atomic E-state index is 4.15. The number of aryl methyl sites for hydroxylation is 1. The highest BCUT2D eigenvalue weighted by Crippen LogP contribution is 2.21. The minimum absolute atomic E-state index is 0.108. The Morgan fingerprint density at radius 3 is 2.70 bits per heavy atom. The number of benzene rings is 1. The van der Waals surface area contributed by atoms with Gasteiger partial charge in [-0.25, -0.2) is 0 Å². The van der Waals surface area contributed by atoms with Crippen molar-refractivity contribution in [3.63, 3.8) is 0 Å². The van der Waals surface area contributed by atoms with Gasteiger partial charge >= 0.3 is 0 Å². The van der Waals surface area contributed by atoms with Crippen LogP contribution in [0.25, 0.3) is 5.69 Å². The number of tetrazole rings is 1. The SMILES string of the molecule is Cc1cc(-n2nnnc2C(C)NCC(C)C)ccc1Br. The molecule has 1 heterocycles. The molecule has 0 bridgehead atoms. The predicted molar refractivity (Wildman–Crippen MR) is 82.8 cm³/mol. The molecule has 6 heteroatoms. The van der Waals surface area contributed by atoms with E-state index in [2.05, 4.69) is 70.5 Å². The molecule has 0 saturated carbocycles. The maximum Gasteiger partial charge on any atom is 0.173 e. The van der Waals surface area contributed by atoms with Crippen LogP contribution in [-0.4, -0.2) is 26.8 Å². The highest BCUT2D eigenvalue weighted by molar-refractivity contribution is 9.10. The zero-order valence-corrected chi connectivity index (χ0v) is 13.8. The fraction of sp³-hybridized carbons (Fsp3) is 0.500. The second-order valence-electron chi connectivity index (χ2n) is 5.41. The quantitative estimate of drug-likeness (QED) is 0.910. The molecule has 1 unspecified atom stereocenters. The zero-order valence-electron chi connectivity index (χ0n) is 12.3. The molecule has 2 aromatic rings. The summed E-state index contributed by atoms with van der Waals surface area (Å²) in [4.78, 5) is 0. The van der Waals surface area contributed by atoms with Gasteiger partial charge in [-0.1, -0.05) is 29.8 Å². The van der Waals surface area contributed by atoms with Gasteiger partial charge in [0.15, 0.2) is 5.82 Å². The molecule has 0 saturated heterocycles. The molecule has 20 heavy (non-hydrogen) atoms. The number of halogens is 1. The van der Waals surface area contributed by atoms with Gasteiger partial charge in [-0.2, -0.15) is 4.68 Å². The average Bonchev–Trinajstić information content (AvgIpc) is 2.88. The zero-order chi connectivity index (χ0) is 14.7. The minimum atomic E-state index is 0.108. The lowest BCUT2D eigenvalue weighted by molar-refractivity contribution is 0.475. The third-order valence-corrected chi connectivity index (χ3v) is 3.99. The molecule has 5 nitrogen and oxygen atoms in total. The predicted octanol–water partition coefficient (Wildman–Crippen LogP) is 3.04. The van der Waals surface area contributed by atoms with Crippen molar-refractivity contribution in [1.82, 2.24) is 25.5 Å². The van der Waals surface area contributed by atoms with Gasteiger partial charge in [0.25, 0.3) is 0 Å². The van der Waals surface area contributed by atoms with Crippen LogP contribution in [0.15, 0.2) is 22.7 Å². The number of rotatable bonds is 5. The minimum Gasteiger partial charge on any atom is -0.307 e. The van der Waals surface area contributed by atoms with Gasteiger partial charge in [-0.3, -0.25) is 0 Å². The van der Waals surface area contributed by atoms with Crippen molar-refractivity contribution in [3.05, 3.63) is 34.1 Å². The second kappa shape index (κ2) is 6.45. The fourth-order valence-corrected chi connectivity index (χ4v) is 2.16. The summed E-state index contributed by atoms with van der Waals surface area (Å²) in [5.74, 6) is 1.42. The molecule has 1 aromatic carbocycles. The van der Waals surface area contributed by atoms with Crippen LogP contribution in [0.5, 0.6) is 0 Å². The molecule has 108 valence electrons. The lowest BCUT2D eigenvalue weighted by atomic mass is 10.2. The van der Waals surface area contributed by atoms with Gasteiger partial charge in [0.2, 0.25) is 0 Å². The summed E-state index contributed by atoms with van der Waals surface area (Å²) in [5.41, 5.74) is 2.13. The topological polar surface area (TPSA) is 55.6 Å². The maximum atomic E-state index is 4.15. The summed E-state index contributed by atoms with van der Waals surface area (Å²) in [5, 5.41) is 15.5. The van der Waals surface area contributed by atoms with Crippen molar-refractivity contribution in [1.29, 1.82) is 0 Å². The van der Waals surface area contributed by atoms with Gasteiger partial charge in [0.05, 0.1) is 11.7 Å². The van der Waals surface area contributed by atoms with Crippen LogP contribution in [0.1, 0.15) is 38.2 Å². The van der Waals surface area contributed by atoms with Crippen LogP contribution in [0, 0.1) is 12.8 Å². The van der Waals surface area contributed by atoms with Crippen molar-refractivity contribution in [3.8, 4) is 5.69 Å². The van der Waals surface area contributed by atoms with Gasteiger partial charge in [-0.05, 0) is 60.5 Å². The van der Waals surface area contributed by atoms with Gasteiger partial charge < -0.3 is 5.32 Å². The third kappa shape index (κ3) is 3.43. The van der Waals surface area contributed by atoms with Crippen LogP contribution in [0.2, 0.25) is 0 Å². The van der Waals surface area contributed by atoms with E-state index in [0.717, 1.165) is 28.1 Å². The molecule has 1 aromatic heterocycles. The fourth-order valence-electron chi connectivity index (χ4n) is 1.91. The van der Waals surface area contributed by atoms with E-state index >= 15 is 0 Å². The van der Waals surface area contributed by atoms with E-state index < -0.39 is 0 Å². The summed E-state index contributed by atoms with van der Waals surface area (Å²) in [6, 6.07) is 6.20. The molecule has 0 radical (unpaired) electrons. The Morgan fingerprint density at radius 1 is 1.30 bits per heavy atom. The van der Waals surface area contributed by atoms with E-state index in [1.165, 1.54) is 0 Å². The van der Waals surface area contributed by atoms with Gasteiger partial charge in [0, 0.05) is 4.47 Å². The lowest BCUT2D eigenvalue weighted by Crippen LogP contribution is -2.25. The number of aromatic nitrogens is 4. The summed E-state index contributed by atoms with van der Waals surface area (Å²) < 4.78 is 2.87. The van der Waals surface area contributed by atoms with E-state index in [9.17, 15) is 0 Å². The summed E-state index contributed by atoms with van der Waals surface area (Å²) in [7, 11) is 0. The number of hydrogen-bond acceptors (Lipinski definition) is 4. The molecular formula is C14H20BrN5. The molecule has 0 aliphatic rings. The van der Waals surface area contributed by atoms with E-state index in [4.69, 9.17) is 0 Å². The van der Waals surface area contributed by atoms with Crippen molar-refractivity contribution >= 4 is 15.9 Å². The van der Waals surface area contributed by atoms with Crippen LogP contribution in [0.4, 0.5) is 0 Å². The smallest absolute Gasteiger partial charge is 0.173 e. The first kappa shape index (κ1) is 15.1. The van der Waals surface area contributed by atoms with Crippen molar-refractivity contribution in [2.45, 2.75) is 33.7 Å². The third-order valence-electron chi connectivity index (χ3n) is 3.10. The molecule has 0 spiro atoms. The highest BCUT2D eigenvalue weighted by atomic mass is 79.9. The van der Waals surface area contributed by atoms with E-state index in [-0.39, 0.29) is 6.04 Å². The summed E-state index contributed by atoms with van der Waals surface area (Å²) >= 11 is 3.51. The Bertz CT molecular complexity index is 579. The molecule has 2 rings (SSSR count). The van der Waals surface area contributed by atoms with Crippen LogP contribution >= 0.6 is 15.9 Å². The second-order valence-corrected chi connectivity index (χ2v) is 6.26. The Morgan fingerprint density at radius 2 is 2.05 bits per heavy atom. The Labute approximate surface area is 127 Å². The molecule has 1 atom stereocenters. The largest absolute Gasteiger partial charge is 0.307 e. The molecule has 0 aliphatic heterocycles. The molecular weight excluding hydrogens is 318 g/mol. The van der Waals surface area contributed by atoms with Crippen LogP contribution in [-0.2, 0) is 0 Å². The molecule has 0 amide bonds. The standard InChI is InChI=1S/C14H20BrN5/c1-9(2)8-16-11(4)14-17-18-19-20(14)12-5-6-13(15)10(3)7-12/h5-7,9,11,16H,8H2,1-4H3. The van der Waals surface area contributed by atoms with Gasteiger partial charge in [-0.15, -0.1) is 5.10 Å². The first-order valence-electron chi connectivity index (χ1n) is 6.77. The van der Waals surface area contributed by atoms with Crippen LogP contribution in [0.3, 0.4) is 0 Å². The van der Waals surface area contributed by atoms with E-state index in [1.807, 2.05) is 12.1 Å². The summed E-state index contributed by atoms with van der Waals surface area (Å²) in [6.07, 6.45) is 0. The highest BCUT2D eigenvalue weighted by Gasteiger charge is 2.16. The molecule has 0 aliphatic carbocycles. The number of hydrogen-bond donors (Lipinski definition) is 1. The van der Waals surface area contributed by atoms with Crippen molar-refractivity contribution in [2.75, 3.05) is 6.54 Å². The Balaban J connectivity index is 2.25. The Hall–Kier alpha value is -1.27. The average molecular weight is 338 g/mol. The van der Waals surface area contributed by atoms with Crippen LogP contribution < -0.4 is 5.32 Å². The monoisotopic (exact) mass is 337 g/mol. The van der Waals surface area contributed by atoms with E-state index in [1.54, 1.807) is 4.68 Å². The first-order chi connectivity index (χ1) is 9.49. The summed E-state index contributed by atoms with van der Waals surface area (Å²) in [6.45, 7) is 9.43. The Kier molecular flexibility index (Phi) is 4.88.